The maximum atomic E-state index is 10.9. The highest BCUT2D eigenvalue weighted by atomic mass is 79.9. The van der Waals surface area contributed by atoms with Crippen LogP contribution in [0.4, 0.5) is 5.69 Å². The Balaban J connectivity index is 1.99. The lowest BCUT2D eigenvalue weighted by Crippen LogP contribution is -2.17. The molecule has 2 rings (SSSR count). The minimum Gasteiger partial charge on any atom is -0.258 e. The molecule has 1 aromatic rings. The van der Waals surface area contributed by atoms with Crippen LogP contribution in [0.5, 0.6) is 0 Å². The first-order chi connectivity index (χ1) is 8.16. The van der Waals surface area contributed by atoms with Gasteiger partial charge in [-0.3, -0.25) is 10.1 Å². The lowest BCUT2D eigenvalue weighted by atomic mass is 9.81. The van der Waals surface area contributed by atoms with E-state index in [1.165, 1.54) is 19.3 Å². The van der Waals surface area contributed by atoms with Crippen LogP contribution in [0.1, 0.15) is 31.2 Å². The first kappa shape index (κ1) is 12.6. The molecule has 1 aromatic carbocycles. The second-order valence-electron chi connectivity index (χ2n) is 4.72. The van der Waals surface area contributed by atoms with Gasteiger partial charge in [-0.25, -0.2) is 0 Å². The number of hydrogen-bond acceptors (Lipinski definition) is 2. The number of nitrogens with zero attached hydrogens (tertiary/aromatic N) is 1. The lowest BCUT2D eigenvalue weighted by Gasteiger charge is -2.27. The fourth-order valence-corrected chi connectivity index (χ4v) is 3.15. The third-order valence-corrected chi connectivity index (χ3v) is 4.14. The zero-order valence-corrected chi connectivity index (χ0v) is 11.2. The molecule has 1 unspecified atom stereocenters. The molecule has 92 valence electrons. The van der Waals surface area contributed by atoms with Crippen molar-refractivity contribution in [3.8, 4) is 0 Å². The van der Waals surface area contributed by atoms with E-state index in [1.54, 1.807) is 12.1 Å². The minimum absolute atomic E-state index is 0.241. The van der Waals surface area contributed by atoms with Gasteiger partial charge in [-0.2, -0.15) is 0 Å². The molecule has 0 amide bonds. The highest BCUT2D eigenvalue weighted by molar-refractivity contribution is 9.09. The number of hydrogen-bond donors (Lipinski definition) is 0. The van der Waals surface area contributed by atoms with E-state index >= 15 is 0 Å². The van der Waals surface area contributed by atoms with E-state index in [1.807, 2.05) is 12.1 Å². The molecule has 1 fully saturated rings. The summed E-state index contributed by atoms with van der Waals surface area (Å²) in [5.41, 5.74) is 1.07. The summed E-state index contributed by atoms with van der Waals surface area (Å²) >= 11 is 3.65. The van der Waals surface area contributed by atoms with Crippen LogP contribution in [-0.4, -0.2) is 9.75 Å². The van der Waals surface area contributed by atoms with Crippen LogP contribution in [0, 0.1) is 16.0 Å². The number of nitro groups is 1. The Morgan fingerprint density at radius 1 is 1.41 bits per heavy atom. The first-order valence-corrected chi connectivity index (χ1v) is 6.94. The molecule has 0 N–H and O–H groups in total. The summed E-state index contributed by atoms with van der Waals surface area (Å²) in [6.45, 7) is 0. The number of halogens is 1. The molecule has 1 aliphatic carbocycles. The molecule has 3 nitrogen and oxygen atoms in total. The fraction of sp³-hybridized carbons (Fsp3) is 0.538. The van der Waals surface area contributed by atoms with Gasteiger partial charge >= 0.3 is 0 Å². The van der Waals surface area contributed by atoms with Crippen LogP contribution in [-0.2, 0) is 6.42 Å². The maximum absolute atomic E-state index is 10.9. The predicted octanol–water partition coefficient (Wildman–Crippen LogP) is 4.09. The summed E-state index contributed by atoms with van der Waals surface area (Å²) in [4.78, 5) is 10.9. The predicted molar refractivity (Wildman–Crippen MR) is 71.5 cm³/mol. The number of alkyl halides is 1. The van der Waals surface area contributed by atoms with Gasteiger partial charge in [-0.15, -0.1) is 0 Å². The average Bonchev–Trinajstić information content (AvgIpc) is 2.24. The Hall–Kier alpha value is -0.900. The van der Waals surface area contributed by atoms with Gasteiger partial charge in [0.2, 0.25) is 0 Å². The van der Waals surface area contributed by atoms with Crippen LogP contribution >= 0.6 is 15.9 Å². The molecule has 0 bridgehead atoms. The van der Waals surface area contributed by atoms with Crippen molar-refractivity contribution in [2.45, 2.75) is 36.9 Å². The Labute approximate surface area is 110 Å². The molecule has 0 aromatic heterocycles. The van der Waals surface area contributed by atoms with Gasteiger partial charge in [0.05, 0.1) is 4.92 Å². The summed E-state index contributed by atoms with van der Waals surface area (Å²) < 4.78 is 0. The normalized spacial score (nSPS) is 17.5. The molecule has 1 saturated carbocycles. The maximum Gasteiger partial charge on any atom is 0.272 e. The second-order valence-corrected chi connectivity index (χ2v) is 6.01. The summed E-state index contributed by atoms with van der Waals surface area (Å²) in [5, 5.41) is 10.9. The Morgan fingerprint density at radius 2 is 2.12 bits per heavy atom. The average molecular weight is 298 g/mol. The molecule has 0 aliphatic heterocycles. The van der Waals surface area contributed by atoms with E-state index in [4.69, 9.17) is 0 Å². The van der Waals surface area contributed by atoms with Crippen molar-refractivity contribution in [1.29, 1.82) is 0 Å². The van der Waals surface area contributed by atoms with Crippen LogP contribution < -0.4 is 0 Å². The zero-order valence-electron chi connectivity index (χ0n) is 9.64. The van der Waals surface area contributed by atoms with Crippen molar-refractivity contribution >= 4 is 21.6 Å². The first-order valence-electron chi connectivity index (χ1n) is 6.03. The molecule has 1 atom stereocenters. The van der Waals surface area contributed by atoms with Crippen molar-refractivity contribution in [2.24, 2.45) is 5.92 Å². The number of para-hydroxylation sites is 1. The van der Waals surface area contributed by atoms with Crippen LogP contribution in [0.15, 0.2) is 24.3 Å². The zero-order chi connectivity index (χ0) is 12.3. The standard InChI is InChI=1S/C13H16BrNO2/c14-12(8-10-4-3-5-10)9-11-6-1-2-7-13(11)15(16)17/h1-2,6-7,10,12H,3-5,8-9H2. The summed E-state index contributed by atoms with van der Waals surface area (Å²) in [5.74, 6) is 0.821. The van der Waals surface area contributed by atoms with Gasteiger partial charge in [0.15, 0.2) is 0 Å². The van der Waals surface area contributed by atoms with Crippen molar-refractivity contribution in [3.05, 3.63) is 39.9 Å². The minimum atomic E-state index is -0.293. The van der Waals surface area contributed by atoms with Crippen LogP contribution in [0.25, 0.3) is 0 Å². The SMILES string of the molecule is O=[N+]([O-])c1ccccc1CC(Br)CC1CCC1. The quantitative estimate of drug-likeness (QED) is 0.467. The van der Waals surface area contributed by atoms with Crippen LogP contribution in [0.2, 0.25) is 0 Å². The van der Waals surface area contributed by atoms with E-state index in [9.17, 15) is 10.1 Å². The van der Waals surface area contributed by atoms with Crippen molar-refractivity contribution in [3.63, 3.8) is 0 Å². The number of rotatable bonds is 5. The summed E-state index contributed by atoms with van der Waals surface area (Å²) in [6, 6.07) is 7.02. The monoisotopic (exact) mass is 297 g/mol. The van der Waals surface area contributed by atoms with Crippen molar-refractivity contribution in [2.75, 3.05) is 0 Å². The Morgan fingerprint density at radius 3 is 2.71 bits per heavy atom. The van der Waals surface area contributed by atoms with Crippen molar-refractivity contribution < 1.29 is 4.92 Å². The third-order valence-electron chi connectivity index (χ3n) is 3.44. The smallest absolute Gasteiger partial charge is 0.258 e. The number of nitro benzene ring substituents is 1. The lowest BCUT2D eigenvalue weighted by molar-refractivity contribution is -0.385. The topological polar surface area (TPSA) is 43.1 Å². The summed E-state index contributed by atoms with van der Waals surface area (Å²) in [7, 11) is 0. The van der Waals surface area contributed by atoms with E-state index in [-0.39, 0.29) is 10.6 Å². The molecule has 0 saturated heterocycles. The highest BCUT2D eigenvalue weighted by Gasteiger charge is 2.22. The van der Waals surface area contributed by atoms with Gasteiger partial charge in [-0.1, -0.05) is 53.4 Å². The molecular weight excluding hydrogens is 282 g/mol. The Bertz CT molecular complexity index is 404. The largest absolute Gasteiger partial charge is 0.272 e. The van der Waals surface area contributed by atoms with E-state index in [2.05, 4.69) is 15.9 Å². The van der Waals surface area contributed by atoms with E-state index < -0.39 is 0 Å². The highest BCUT2D eigenvalue weighted by Crippen LogP contribution is 2.34. The van der Waals surface area contributed by atoms with E-state index in [0.29, 0.717) is 4.83 Å². The van der Waals surface area contributed by atoms with Gasteiger partial charge < -0.3 is 0 Å². The molecule has 17 heavy (non-hydrogen) atoms. The molecule has 0 heterocycles. The molecular formula is C13H16BrNO2. The molecule has 0 radical (unpaired) electrons. The molecule has 1 aliphatic rings. The second kappa shape index (κ2) is 5.63. The van der Waals surface area contributed by atoms with Crippen molar-refractivity contribution in [1.82, 2.24) is 0 Å². The fourth-order valence-electron chi connectivity index (χ4n) is 2.27. The number of benzene rings is 1. The summed E-state index contributed by atoms with van der Waals surface area (Å²) in [6.07, 6.45) is 5.85. The van der Waals surface area contributed by atoms with Crippen LogP contribution in [0.3, 0.4) is 0 Å². The van der Waals surface area contributed by atoms with Gasteiger partial charge in [-0.05, 0) is 18.8 Å². The molecule has 0 spiro atoms. The van der Waals surface area contributed by atoms with Gasteiger partial charge in [0.25, 0.3) is 5.69 Å². The third kappa shape index (κ3) is 3.28. The van der Waals surface area contributed by atoms with Gasteiger partial charge in [0, 0.05) is 16.5 Å². The Kier molecular flexibility index (Phi) is 4.15. The van der Waals surface area contributed by atoms with Gasteiger partial charge in [0.1, 0.15) is 0 Å². The molecule has 4 heteroatoms. The van der Waals surface area contributed by atoms with E-state index in [0.717, 1.165) is 24.3 Å².